The Bertz CT molecular complexity index is 431. The number of hydrogen-bond acceptors (Lipinski definition) is 3. The van der Waals surface area contributed by atoms with Gasteiger partial charge in [-0.2, -0.15) is 0 Å². The number of carbonyl (C=O) groups is 2. The van der Waals surface area contributed by atoms with Gasteiger partial charge in [0.1, 0.15) is 0 Å². The second kappa shape index (κ2) is 9.37. The van der Waals surface area contributed by atoms with Crippen molar-refractivity contribution < 1.29 is 14.3 Å². The van der Waals surface area contributed by atoms with Crippen LogP contribution >= 0.6 is 11.6 Å². The molecule has 0 spiro atoms. The second-order valence-corrected chi connectivity index (χ2v) is 4.82. The van der Waals surface area contributed by atoms with Crippen molar-refractivity contribution in [1.82, 2.24) is 5.32 Å². The van der Waals surface area contributed by atoms with Gasteiger partial charge in [-0.1, -0.05) is 23.7 Å². The second-order valence-electron chi connectivity index (χ2n) is 4.38. The highest BCUT2D eigenvalue weighted by atomic mass is 35.5. The Morgan fingerprint density at radius 1 is 1.20 bits per heavy atom. The minimum absolute atomic E-state index is 0.0104. The van der Waals surface area contributed by atoms with Crippen molar-refractivity contribution in [1.29, 1.82) is 0 Å². The first-order valence-electron chi connectivity index (χ1n) is 6.78. The van der Waals surface area contributed by atoms with E-state index >= 15 is 0 Å². The maximum Gasteiger partial charge on any atom is 0.305 e. The van der Waals surface area contributed by atoms with Crippen LogP contribution in [-0.4, -0.2) is 25.0 Å². The van der Waals surface area contributed by atoms with E-state index in [4.69, 9.17) is 16.3 Å². The van der Waals surface area contributed by atoms with Crippen molar-refractivity contribution in [2.75, 3.05) is 13.2 Å². The molecule has 1 aromatic rings. The van der Waals surface area contributed by atoms with E-state index in [1.807, 2.05) is 24.3 Å². The third-order valence-corrected chi connectivity index (χ3v) is 2.99. The van der Waals surface area contributed by atoms with Gasteiger partial charge in [0, 0.05) is 24.4 Å². The number of amides is 1. The Labute approximate surface area is 124 Å². The maximum atomic E-state index is 11.6. The molecular formula is C15H20ClNO3. The molecule has 0 aliphatic carbocycles. The Hall–Kier alpha value is -1.55. The number of benzene rings is 1. The third kappa shape index (κ3) is 7.14. The van der Waals surface area contributed by atoms with E-state index in [9.17, 15) is 9.59 Å². The lowest BCUT2D eigenvalue weighted by Crippen LogP contribution is -2.25. The molecule has 0 fully saturated rings. The number of nitrogens with one attached hydrogen (secondary N) is 1. The fourth-order valence-corrected chi connectivity index (χ4v) is 1.82. The van der Waals surface area contributed by atoms with Gasteiger partial charge in [0.2, 0.25) is 5.91 Å². The summed E-state index contributed by atoms with van der Waals surface area (Å²) in [5.41, 5.74) is 1.08. The molecule has 0 unspecified atom stereocenters. The SMILES string of the molecule is CCOC(=O)CCCNC(=O)CCc1ccc(Cl)cc1. The number of rotatable bonds is 8. The Kier molecular flexibility index (Phi) is 7.73. The smallest absolute Gasteiger partial charge is 0.305 e. The van der Waals surface area contributed by atoms with E-state index in [2.05, 4.69) is 5.32 Å². The number of aryl methyl sites for hydroxylation is 1. The van der Waals surface area contributed by atoms with E-state index in [1.165, 1.54) is 0 Å². The molecule has 1 amide bonds. The molecule has 20 heavy (non-hydrogen) atoms. The summed E-state index contributed by atoms with van der Waals surface area (Å²) in [5, 5.41) is 3.48. The summed E-state index contributed by atoms with van der Waals surface area (Å²) >= 11 is 5.79. The highest BCUT2D eigenvalue weighted by molar-refractivity contribution is 6.30. The van der Waals surface area contributed by atoms with E-state index in [0.717, 1.165) is 5.56 Å². The molecule has 0 bridgehead atoms. The van der Waals surface area contributed by atoms with Crippen LogP contribution < -0.4 is 5.32 Å². The fraction of sp³-hybridized carbons (Fsp3) is 0.467. The van der Waals surface area contributed by atoms with Gasteiger partial charge in [-0.15, -0.1) is 0 Å². The maximum absolute atomic E-state index is 11.6. The summed E-state index contributed by atoms with van der Waals surface area (Å²) in [6, 6.07) is 7.45. The monoisotopic (exact) mass is 297 g/mol. The molecule has 0 atom stereocenters. The molecule has 0 heterocycles. The first kappa shape index (κ1) is 16.5. The van der Waals surface area contributed by atoms with Crippen LogP contribution in [-0.2, 0) is 20.7 Å². The van der Waals surface area contributed by atoms with Crippen molar-refractivity contribution in [2.24, 2.45) is 0 Å². The van der Waals surface area contributed by atoms with Gasteiger partial charge in [0.15, 0.2) is 0 Å². The van der Waals surface area contributed by atoms with Crippen LogP contribution in [0.1, 0.15) is 31.7 Å². The zero-order valence-corrected chi connectivity index (χ0v) is 12.4. The number of halogens is 1. The molecule has 5 heteroatoms. The number of esters is 1. The molecule has 4 nitrogen and oxygen atoms in total. The Morgan fingerprint density at radius 3 is 2.55 bits per heavy atom. The van der Waals surface area contributed by atoms with Gasteiger partial charge in [0.05, 0.1) is 6.61 Å². The van der Waals surface area contributed by atoms with Crippen LogP contribution in [0.15, 0.2) is 24.3 Å². The summed E-state index contributed by atoms with van der Waals surface area (Å²) in [6.07, 6.45) is 2.05. The standard InChI is InChI=1S/C15H20ClNO3/c1-2-20-15(19)4-3-11-17-14(18)10-7-12-5-8-13(16)9-6-12/h5-6,8-9H,2-4,7,10-11H2,1H3,(H,17,18). The summed E-state index contributed by atoms with van der Waals surface area (Å²) in [6.45, 7) is 2.67. The van der Waals surface area contributed by atoms with Gasteiger partial charge in [-0.3, -0.25) is 9.59 Å². The summed E-state index contributed by atoms with van der Waals surface area (Å²) < 4.78 is 4.80. The highest BCUT2D eigenvalue weighted by Gasteiger charge is 2.04. The topological polar surface area (TPSA) is 55.4 Å². The van der Waals surface area contributed by atoms with Crippen molar-refractivity contribution in [3.63, 3.8) is 0 Å². The molecule has 110 valence electrons. The number of ether oxygens (including phenoxy) is 1. The van der Waals surface area contributed by atoms with Crippen LogP contribution in [0.2, 0.25) is 5.02 Å². The average molecular weight is 298 g/mol. The minimum atomic E-state index is -0.220. The first-order chi connectivity index (χ1) is 9.61. The van der Waals surface area contributed by atoms with Crippen molar-refractivity contribution in [3.05, 3.63) is 34.9 Å². The normalized spacial score (nSPS) is 10.1. The lowest BCUT2D eigenvalue weighted by Gasteiger charge is -2.05. The fourth-order valence-electron chi connectivity index (χ4n) is 1.69. The van der Waals surface area contributed by atoms with Gasteiger partial charge >= 0.3 is 5.97 Å². The molecule has 0 saturated carbocycles. The molecule has 0 aliphatic heterocycles. The molecule has 1 aromatic carbocycles. The highest BCUT2D eigenvalue weighted by Crippen LogP contribution is 2.10. The predicted molar refractivity (Wildman–Crippen MR) is 78.6 cm³/mol. The van der Waals surface area contributed by atoms with Crippen LogP contribution in [0, 0.1) is 0 Å². The predicted octanol–water partition coefficient (Wildman–Crippen LogP) is 2.73. The largest absolute Gasteiger partial charge is 0.466 e. The van der Waals surface area contributed by atoms with Crippen molar-refractivity contribution in [3.8, 4) is 0 Å². The van der Waals surface area contributed by atoms with Crippen LogP contribution in [0.3, 0.4) is 0 Å². The quantitative estimate of drug-likeness (QED) is 0.593. The van der Waals surface area contributed by atoms with Gasteiger partial charge < -0.3 is 10.1 Å². The Balaban J connectivity index is 2.11. The van der Waals surface area contributed by atoms with E-state index in [1.54, 1.807) is 6.92 Å². The Morgan fingerprint density at radius 2 is 1.90 bits per heavy atom. The van der Waals surface area contributed by atoms with Crippen LogP contribution in [0.4, 0.5) is 0 Å². The van der Waals surface area contributed by atoms with E-state index < -0.39 is 0 Å². The summed E-state index contributed by atoms with van der Waals surface area (Å²) in [4.78, 5) is 22.7. The lowest BCUT2D eigenvalue weighted by molar-refractivity contribution is -0.143. The van der Waals surface area contributed by atoms with Gasteiger partial charge in [-0.25, -0.2) is 0 Å². The van der Waals surface area contributed by atoms with Gasteiger partial charge in [-0.05, 0) is 37.5 Å². The van der Waals surface area contributed by atoms with Crippen LogP contribution in [0.5, 0.6) is 0 Å². The van der Waals surface area contributed by atoms with E-state index in [-0.39, 0.29) is 11.9 Å². The summed E-state index contributed by atoms with van der Waals surface area (Å²) in [7, 11) is 0. The molecule has 1 N–H and O–H groups in total. The average Bonchev–Trinajstić information content (AvgIpc) is 2.43. The molecule has 0 saturated heterocycles. The number of carbonyl (C=O) groups excluding carboxylic acids is 2. The molecular weight excluding hydrogens is 278 g/mol. The van der Waals surface area contributed by atoms with Crippen LogP contribution in [0.25, 0.3) is 0 Å². The minimum Gasteiger partial charge on any atom is -0.466 e. The molecule has 0 radical (unpaired) electrons. The summed E-state index contributed by atoms with van der Waals surface area (Å²) in [5.74, 6) is -0.230. The van der Waals surface area contributed by atoms with Gasteiger partial charge in [0.25, 0.3) is 0 Å². The zero-order valence-electron chi connectivity index (χ0n) is 11.7. The third-order valence-electron chi connectivity index (χ3n) is 2.74. The molecule has 0 aliphatic rings. The van der Waals surface area contributed by atoms with E-state index in [0.29, 0.717) is 43.9 Å². The molecule has 1 rings (SSSR count). The van der Waals surface area contributed by atoms with Crippen molar-refractivity contribution >= 4 is 23.5 Å². The molecule has 0 aromatic heterocycles. The first-order valence-corrected chi connectivity index (χ1v) is 7.16. The number of hydrogen-bond donors (Lipinski definition) is 1. The lowest BCUT2D eigenvalue weighted by atomic mass is 10.1. The van der Waals surface area contributed by atoms with Crippen molar-refractivity contribution in [2.45, 2.75) is 32.6 Å². The zero-order chi connectivity index (χ0) is 14.8.